The topological polar surface area (TPSA) is 43.8 Å². The molecular weight excluding hydrogens is 204 g/mol. The van der Waals surface area contributed by atoms with Crippen LogP contribution in [0.15, 0.2) is 0 Å². The Kier molecular flexibility index (Phi) is 3.50. The van der Waals surface area contributed by atoms with Crippen LogP contribution in [0.4, 0.5) is 0 Å². The molecule has 1 aliphatic heterocycles. The second-order valence-electron chi connectivity index (χ2n) is 5.32. The lowest BCUT2D eigenvalue weighted by Gasteiger charge is -2.33. The Labute approximate surface area is 97.2 Å². The molecule has 0 aromatic rings. The summed E-state index contributed by atoms with van der Waals surface area (Å²) in [6.45, 7) is 5.15. The predicted octanol–water partition coefficient (Wildman–Crippen LogP) is 0.876. The number of nitrogens with zero attached hydrogens (tertiary/aromatic N) is 2. The molecule has 0 bridgehead atoms. The molecule has 2 rings (SSSR count). The van der Waals surface area contributed by atoms with Gasteiger partial charge in [0.25, 0.3) is 0 Å². The minimum atomic E-state index is -0.626. The molecule has 4 nitrogen and oxygen atoms in total. The van der Waals surface area contributed by atoms with Gasteiger partial charge in [-0.05, 0) is 45.7 Å². The van der Waals surface area contributed by atoms with Gasteiger partial charge in [0.05, 0.1) is 0 Å². The summed E-state index contributed by atoms with van der Waals surface area (Å²) < 4.78 is 0. The summed E-state index contributed by atoms with van der Waals surface area (Å²) in [6, 6.07) is 0.121. The van der Waals surface area contributed by atoms with Crippen LogP contribution in [0, 0.1) is 5.92 Å². The van der Waals surface area contributed by atoms with Crippen molar-refractivity contribution >= 4 is 5.97 Å². The van der Waals surface area contributed by atoms with E-state index in [0.29, 0.717) is 12.0 Å². The zero-order chi connectivity index (χ0) is 11.7. The van der Waals surface area contributed by atoms with Gasteiger partial charge in [0.15, 0.2) is 0 Å². The predicted molar refractivity (Wildman–Crippen MR) is 62.4 cm³/mol. The molecule has 1 saturated heterocycles. The highest BCUT2D eigenvalue weighted by molar-refractivity contribution is 5.74. The summed E-state index contributed by atoms with van der Waals surface area (Å²) in [4.78, 5) is 15.9. The molecule has 16 heavy (non-hydrogen) atoms. The second kappa shape index (κ2) is 4.72. The zero-order valence-electron chi connectivity index (χ0n) is 10.2. The normalized spacial score (nSPS) is 31.0. The molecule has 1 N–H and O–H groups in total. The molecule has 0 spiro atoms. The van der Waals surface area contributed by atoms with Gasteiger partial charge in [-0.1, -0.05) is 0 Å². The number of hydrogen-bond donors (Lipinski definition) is 1. The van der Waals surface area contributed by atoms with Crippen molar-refractivity contribution in [1.82, 2.24) is 9.80 Å². The summed E-state index contributed by atoms with van der Waals surface area (Å²) in [5, 5.41) is 9.36. The van der Waals surface area contributed by atoms with E-state index in [1.54, 1.807) is 0 Å². The number of hydrogen-bond acceptors (Lipinski definition) is 3. The molecule has 2 unspecified atom stereocenters. The monoisotopic (exact) mass is 226 g/mol. The summed E-state index contributed by atoms with van der Waals surface area (Å²) in [7, 11) is 2.12. The highest BCUT2D eigenvalue weighted by Crippen LogP contribution is 2.36. The second-order valence-corrected chi connectivity index (χ2v) is 5.32. The minimum Gasteiger partial charge on any atom is -0.480 e. The third-order valence-corrected chi connectivity index (χ3v) is 3.78. The van der Waals surface area contributed by atoms with Gasteiger partial charge >= 0.3 is 5.97 Å². The van der Waals surface area contributed by atoms with Crippen molar-refractivity contribution in [2.45, 2.75) is 38.3 Å². The van der Waals surface area contributed by atoms with Crippen LogP contribution in [0.3, 0.4) is 0 Å². The fraction of sp³-hybridized carbons (Fsp3) is 0.917. The number of carboxylic acids is 1. The number of carboxylic acid groups (broad SMARTS) is 1. The van der Waals surface area contributed by atoms with E-state index in [1.807, 2.05) is 0 Å². The highest BCUT2D eigenvalue weighted by atomic mass is 16.4. The van der Waals surface area contributed by atoms with Crippen LogP contribution in [0.5, 0.6) is 0 Å². The van der Waals surface area contributed by atoms with Crippen molar-refractivity contribution in [3.8, 4) is 0 Å². The summed E-state index contributed by atoms with van der Waals surface area (Å²) in [5.74, 6) is -0.220. The fourth-order valence-corrected chi connectivity index (χ4v) is 2.83. The molecule has 1 saturated carbocycles. The molecule has 0 amide bonds. The van der Waals surface area contributed by atoms with E-state index in [1.165, 1.54) is 0 Å². The van der Waals surface area contributed by atoms with Crippen molar-refractivity contribution in [3.05, 3.63) is 0 Å². The van der Waals surface area contributed by atoms with E-state index in [4.69, 9.17) is 0 Å². The average molecular weight is 226 g/mol. The Morgan fingerprint density at radius 2 is 2.06 bits per heavy atom. The van der Waals surface area contributed by atoms with E-state index in [2.05, 4.69) is 23.8 Å². The van der Waals surface area contributed by atoms with Gasteiger partial charge in [0.1, 0.15) is 6.04 Å². The molecule has 2 fully saturated rings. The molecule has 0 aromatic heterocycles. The number of aliphatic carboxylic acids is 1. The van der Waals surface area contributed by atoms with Gasteiger partial charge in [0.2, 0.25) is 0 Å². The van der Waals surface area contributed by atoms with Gasteiger partial charge in [-0.3, -0.25) is 9.69 Å². The molecule has 2 atom stereocenters. The molecular formula is C12H22N2O2. The van der Waals surface area contributed by atoms with Crippen LogP contribution in [0.25, 0.3) is 0 Å². The van der Waals surface area contributed by atoms with E-state index < -0.39 is 5.97 Å². The smallest absolute Gasteiger partial charge is 0.321 e. The van der Waals surface area contributed by atoms with E-state index in [-0.39, 0.29) is 6.04 Å². The lowest BCUT2D eigenvalue weighted by molar-refractivity contribution is -0.145. The van der Waals surface area contributed by atoms with Crippen LogP contribution >= 0.6 is 0 Å². The first-order valence-corrected chi connectivity index (χ1v) is 6.26. The van der Waals surface area contributed by atoms with Crippen LogP contribution in [-0.4, -0.2) is 59.6 Å². The van der Waals surface area contributed by atoms with Crippen LogP contribution in [0.1, 0.15) is 26.2 Å². The van der Waals surface area contributed by atoms with Crippen molar-refractivity contribution in [1.29, 1.82) is 0 Å². The summed E-state index contributed by atoms with van der Waals surface area (Å²) in [5.41, 5.74) is 0. The standard InChI is InChI=1S/C12H22N2O2/c1-9-8-13(2)6-3-7-14(9)11(12(15)16)10-4-5-10/h9-11H,3-8H2,1-2H3,(H,15,16). The molecule has 1 aliphatic carbocycles. The van der Waals surface area contributed by atoms with Crippen molar-refractivity contribution in [2.24, 2.45) is 5.92 Å². The Morgan fingerprint density at radius 3 is 2.62 bits per heavy atom. The summed E-state index contributed by atoms with van der Waals surface area (Å²) in [6.07, 6.45) is 3.27. The molecule has 0 radical (unpaired) electrons. The Morgan fingerprint density at radius 1 is 1.38 bits per heavy atom. The maximum Gasteiger partial charge on any atom is 0.321 e. The Bertz CT molecular complexity index is 266. The number of carbonyl (C=O) groups is 1. The first kappa shape index (κ1) is 11.9. The van der Waals surface area contributed by atoms with E-state index in [9.17, 15) is 9.90 Å². The van der Waals surface area contributed by atoms with E-state index >= 15 is 0 Å². The van der Waals surface area contributed by atoms with E-state index in [0.717, 1.165) is 38.9 Å². The number of rotatable bonds is 3. The molecule has 2 aliphatic rings. The zero-order valence-corrected chi connectivity index (χ0v) is 10.2. The number of likely N-dealkylation sites (N-methyl/N-ethyl adjacent to an activating group) is 1. The van der Waals surface area contributed by atoms with Crippen molar-refractivity contribution < 1.29 is 9.90 Å². The quantitative estimate of drug-likeness (QED) is 0.775. The van der Waals surface area contributed by atoms with Gasteiger partial charge in [-0.25, -0.2) is 0 Å². The maximum atomic E-state index is 11.4. The fourth-order valence-electron chi connectivity index (χ4n) is 2.83. The Hall–Kier alpha value is -0.610. The summed E-state index contributed by atoms with van der Waals surface area (Å²) >= 11 is 0. The maximum absolute atomic E-state index is 11.4. The van der Waals surface area contributed by atoms with Gasteiger partial charge < -0.3 is 10.0 Å². The third-order valence-electron chi connectivity index (χ3n) is 3.78. The van der Waals surface area contributed by atoms with Crippen molar-refractivity contribution in [2.75, 3.05) is 26.7 Å². The van der Waals surface area contributed by atoms with Crippen LogP contribution in [-0.2, 0) is 4.79 Å². The van der Waals surface area contributed by atoms with Crippen LogP contribution < -0.4 is 0 Å². The lowest BCUT2D eigenvalue weighted by Crippen LogP contribution is -2.49. The minimum absolute atomic E-state index is 0.235. The molecule has 4 heteroatoms. The Balaban J connectivity index is 2.07. The largest absolute Gasteiger partial charge is 0.480 e. The van der Waals surface area contributed by atoms with Crippen LogP contribution in [0.2, 0.25) is 0 Å². The van der Waals surface area contributed by atoms with Gasteiger partial charge in [-0.15, -0.1) is 0 Å². The SMILES string of the molecule is CC1CN(C)CCCN1C(C(=O)O)C1CC1. The molecule has 92 valence electrons. The van der Waals surface area contributed by atoms with Gasteiger partial charge in [-0.2, -0.15) is 0 Å². The molecule has 1 heterocycles. The lowest BCUT2D eigenvalue weighted by atomic mass is 10.1. The van der Waals surface area contributed by atoms with Crippen molar-refractivity contribution in [3.63, 3.8) is 0 Å². The highest BCUT2D eigenvalue weighted by Gasteiger charge is 2.42. The first-order chi connectivity index (χ1) is 7.59. The third kappa shape index (κ3) is 2.55. The average Bonchev–Trinajstić information content (AvgIpc) is 2.98. The van der Waals surface area contributed by atoms with Gasteiger partial charge in [0, 0.05) is 19.1 Å². The first-order valence-electron chi connectivity index (χ1n) is 6.26. The molecule has 0 aromatic carbocycles.